The number of hydrogen-bond acceptors (Lipinski definition) is 2. The second kappa shape index (κ2) is 3.05. The number of hydrogen-bond donors (Lipinski definition) is 2. The van der Waals surface area contributed by atoms with Gasteiger partial charge in [0.1, 0.15) is 0 Å². The van der Waals surface area contributed by atoms with Crippen LogP contribution in [0.15, 0.2) is 0 Å². The molecule has 1 aliphatic carbocycles. The Hall–Kier alpha value is -0.0800. The molecule has 0 aromatic heterocycles. The highest BCUT2D eigenvalue weighted by molar-refractivity contribution is 4.72. The molecular formula is C6H14N2. The van der Waals surface area contributed by atoms with E-state index >= 15 is 0 Å². The lowest BCUT2D eigenvalue weighted by atomic mass is 10.2. The number of hydrazine groups is 1. The molecule has 0 spiro atoms. The van der Waals surface area contributed by atoms with Crippen LogP contribution < -0.4 is 11.3 Å². The molecular weight excluding hydrogens is 100 g/mol. The van der Waals surface area contributed by atoms with Crippen molar-refractivity contribution in [2.24, 2.45) is 11.8 Å². The molecule has 0 aliphatic heterocycles. The molecule has 2 nitrogen and oxygen atoms in total. The van der Waals surface area contributed by atoms with E-state index < -0.39 is 0 Å². The minimum absolute atomic E-state index is 0.983. The van der Waals surface area contributed by atoms with E-state index in [2.05, 4.69) is 5.43 Å². The molecule has 0 bridgehead atoms. The molecule has 0 aromatic rings. The Morgan fingerprint density at radius 3 is 2.75 bits per heavy atom. The summed E-state index contributed by atoms with van der Waals surface area (Å²) < 4.78 is 0. The lowest BCUT2D eigenvalue weighted by Crippen LogP contribution is -2.22. The molecule has 1 aliphatic rings. The molecule has 1 fully saturated rings. The monoisotopic (exact) mass is 114 g/mol. The highest BCUT2D eigenvalue weighted by Gasteiger charge is 2.19. The van der Waals surface area contributed by atoms with Crippen LogP contribution >= 0.6 is 0 Å². The molecule has 1 saturated carbocycles. The minimum Gasteiger partial charge on any atom is -0.271 e. The van der Waals surface area contributed by atoms with Gasteiger partial charge in [0.15, 0.2) is 0 Å². The van der Waals surface area contributed by atoms with E-state index in [1.807, 2.05) is 0 Å². The number of rotatable bonds is 4. The standard InChI is InChI=1S/C6H14N2/c7-8-5-1-2-6-3-4-6/h6,8H,1-5,7H2. The van der Waals surface area contributed by atoms with Gasteiger partial charge < -0.3 is 0 Å². The first kappa shape index (κ1) is 6.05. The van der Waals surface area contributed by atoms with Crippen LogP contribution in [0.1, 0.15) is 25.7 Å². The Balaban J connectivity index is 1.74. The van der Waals surface area contributed by atoms with Gasteiger partial charge in [-0.2, -0.15) is 0 Å². The van der Waals surface area contributed by atoms with Crippen LogP contribution in [-0.2, 0) is 0 Å². The predicted molar refractivity (Wildman–Crippen MR) is 34.1 cm³/mol. The fourth-order valence-corrected chi connectivity index (χ4v) is 0.899. The molecule has 0 saturated heterocycles. The molecule has 48 valence electrons. The van der Waals surface area contributed by atoms with Crippen molar-refractivity contribution in [3.05, 3.63) is 0 Å². The maximum Gasteiger partial charge on any atom is 0.00975 e. The topological polar surface area (TPSA) is 38.0 Å². The molecule has 8 heavy (non-hydrogen) atoms. The fraction of sp³-hybridized carbons (Fsp3) is 1.00. The number of nitrogens with two attached hydrogens (primary N) is 1. The van der Waals surface area contributed by atoms with Crippen molar-refractivity contribution < 1.29 is 0 Å². The summed E-state index contributed by atoms with van der Waals surface area (Å²) in [5.74, 6) is 6.14. The summed E-state index contributed by atoms with van der Waals surface area (Å²) in [5, 5.41) is 0. The molecule has 0 heterocycles. The quantitative estimate of drug-likeness (QED) is 0.320. The first-order chi connectivity index (χ1) is 3.93. The van der Waals surface area contributed by atoms with Gasteiger partial charge in [-0.3, -0.25) is 11.3 Å². The summed E-state index contributed by atoms with van der Waals surface area (Å²) in [6.45, 7) is 0.983. The summed E-state index contributed by atoms with van der Waals surface area (Å²) in [4.78, 5) is 0. The third-order valence-corrected chi connectivity index (χ3v) is 1.63. The van der Waals surface area contributed by atoms with Gasteiger partial charge in [-0.25, -0.2) is 0 Å². The average molecular weight is 114 g/mol. The molecule has 0 amide bonds. The Morgan fingerprint density at radius 2 is 2.25 bits per heavy atom. The highest BCUT2D eigenvalue weighted by atomic mass is 15.2. The third-order valence-electron chi connectivity index (χ3n) is 1.63. The Bertz CT molecular complexity index is 59.5. The van der Waals surface area contributed by atoms with Gasteiger partial charge in [-0.05, 0) is 18.8 Å². The van der Waals surface area contributed by atoms with Gasteiger partial charge in [0, 0.05) is 6.54 Å². The van der Waals surface area contributed by atoms with Crippen LogP contribution in [0.2, 0.25) is 0 Å². The van der Waals surface area contributed by atoms with Crippen molar-refractivity contribution in [1.29, 1.82) is 0 Å². The Labute approximate surface area is 50.4 Å². The van der Waals surface area contributed by atoms with E-state index in [4.69, 9.17) is 5.84 Å². The maximum absolute atomic E-state index is 5.09. The van der Waals surface area contributed by atoms with Crippen LogP contribution in [0.25, 0.3) is 0 Å². The van der Waals surface area contributed by atoms with E-state index in [0.29, 0.717) is 0 Å². The van der Waals surface area contributed by atoms with E-state index in [1.54, 1.807) is 0 Å². The van der Waals surface area contributed by atoms with E-state index in [0.717, 1.165) is 12.5 Å². The summed E-state index contributed by atoms with van der Waals surface area (Å²) in [5.41, 5.74) is 2.65. The molecule has 2 heteroatoms. The van der Waals surface area contributed by atoms with Gasteiger partial charge >= 0.3 is 0 Å². The zero-order valence-electron chi connectivity index (χ0n) is 5.19. The summed E-state index contributed by atoms with van der Waals surface area (Å²) in [7, 11) is 0. The SMILES string of the molecule is NNCCCC1CC1. The van der Waals surface area contributed by atoms with Crippen LogP contribution in [0.4, 0.5) is 0 Å². The molecule has 0 unspecified atom stereocenters. The molecule has 3 N–H and O–H groups in total. The Morgan fingerprint density at radius 1 is 1.50 bits per heavy atom. The Kier molecular flexibility index (Phi) is 2.30. The van der Waals surface area contributed by atoms with Crippen molar-refractivity contribution in [3.63, 3.8) is 0 Å². The second-order valence-electron chi connectivity index (χ2n) is 2.54. The number of nitrogens with one attached hydrogen (secondary N) is 1. The maximum atomic E-state index is 5.09. The van der Waals surface area contributed by atoms with Crippen molar-refractivity contribution in [1.82, 2.24) is 5.43 Å². The normalized spacial score (nSPS) is 19.1. The molecule has 0 atom stereocenters. The summed E-state index contributed by atoms with van der Waals surface area (Å²) in [6.07, 6.45) is 5.56. The van der Waals surface area contributed by atoms with E-state index in [9.17, 15) is 0 Å². The third kappa shape index (κ3) is 2.28. The minimum atomic E-state index is 0.983. The van der Waals surface area contributed by atoms with Gasteiger partial charge in [0.25, 0.3) is 0 Å². The summed E-state index contributed by atoms with van der Waals surface area (Å²) in [6, 6.07) is 0. The van der Waals surface area contributed by atoms with Crippen LogP contribution in [-0.4, -0.2) is 6.54 Å². The fourth-order valence-electron chi connectivity index (χ4n) is 0.899. The lowest BCUT2D eigenvalue weighted by molar-refractivity contribution is 0.609. The van der Waals surface area contributed by atoms with Gasteiger partial charge in [0.05, 0.1) is 0 Å². The largest absolute Gasteiger partial charge is 0.271 e. The van der Waals surface area contributed by atoms with Crippen molar-refractivity contribution in [2.45, 2.75) is 25.7 Å². The summed E-state index contributed by atoms with van der Waals surface area (Å²) >= 11 is 0. The molecule has 0 aromatic carbocycles. The average Bonchev–Trinajstić information content (AvgIpc) is 2.51. The second-order valence-corrected chi connectivity index (χ2v) is 2.54. The van der Waals surface area contributed by atoms with Crippen LogP contribution in [0, 0.1) is 5.92 Å². The van der Waals surface area contributed by atoms with Crippen molar-refractivity contribution in [3.8, 4) is 0 Å². The molecule has 1 rings (SSSR count). The van der Waals surface area contributed by atoms with Crippen molar-refractivity contribution in [2.75, 3.05) is 6.54 Å². The van der Waals surface area contributed by atoms with Gasteiger partial charge in [0.2, 0.25) is 0 Å². The van der Waals surface area contributed by atoms with Gasteiger partial charge in [-0.15, -0.1) is 0 Å². The van der Waals surface area contributed by atoms with Gasteiger partial charge in [-0.1, -0.05) is 12.8 Å². The zero-order chi connectivity index (χ0) is 5.82. The van der Waals surface area contributed by atoms with E-state index in [1.165, 1.54) is 25.7 Å². The van der Waals surface area contributed by atoms with Crippen LogP contribution in [0.3, 0.4) is 0 Å². The zero-order valence-corrected chi connectivity index (χ0v) is 5.19. The van der Waals surface area contributed by atoms with E-state index in [-0.39, 0.29) is 0 Å². The first-order valence-corrected chi connectivity index (χ1v) is 3.37. The predicted octanol–water partition coefficient (Wildman–Crippen LogP) is 0.640. The molecule has 0 radical (unpaired) electrons. The lowest BCUT2D eigenvalue weighted by Gasteiger charge is -1.94. The van der Waals surface area contributed by atoms with Crippen LogP contribution in [0.5, 0.6) is 0 Å². The smallest absolute Gasteiger partial charge is 0.00975 e. The van der Waals surface area contributed by atoms with Crippen molar-refractivity contribution >= 4 is 0 Å². The highest BCUT2D eigenvalue weighted by Crippen LogP contribution is 2.32. The first-order valence-electron chi connectivity index (χ1n) is 3.37.